The fraction of sp³-hybridized carbons (Fsp3) is 0.300. The van der Waals surface area contributed by atoms with E-state index in [1.165, 1.54) is 0 Å². The summed E-state index contributed by atoms with van der Waals surface area (Å²) in [7, 11) is 0. The number of aliphatic carboxylic acids is 1. The van der Waals surface area contributed by atoms with Crippen molar-refractivity contribution in [1.29, 1.82) is 0 Å². The fourth-order valence-electron chi connectivity index (χ4n) is 1.81. The van der Waals surface area contributed by atoms with E-state index >= 15 is 0 Å². The molecule has 1 aromatic rings. The summed E-state index contributed by atoms with van der Waals surface area (Å²) in [5, 5.41) is 21.4. The Morgan fingerprint density at radius 2 is 2.29 bits per heavy atom. The zero-order valence-corrected chi connectivity index (χ0v) is 7.53. The van der Waals surface area contributed by atoms with Crippen molar-refractivity contribution in [2.24, 2.45) is 0 Å². The number of benzene rings is 1. The summed E-state index contributed by atoms with van der Waals surface area (Å²) in [6, 6.07) is 4.30. The molecule has 1 aromatic carbocycles. The lowest BCUT2D eigenvalue weighted by Crippen LogP contribution is -2.34. The molecule has 0 saturated heterocycles. The van der Waals surface area contributed by atoms with E-state index in [9.17, 15) is 9.90 Å². The molecule has 0 amide bonds. The minimum absolute atomic E-state index is 0.190. The maximum Gasteiger partial charge on any atom is 0.325 e. The van der Waals surface area contributed by atoms with Crippen LogP contribution in [0.2, 0.25) is 0 Å². The third kappa shape index (κ3) is 1.33. The Morgan fingerprint density at radius 3 is 3.00 bits per heavy atom. The molecule has 0 fully saturated rings. The molecule has 0 spiro atoms. The van der Waals surface area contributed by atoms with Gasteiger partial charge in [0.05, 0.1) is 0 Å². The summed E-state index contributed by atoms with van der Waals surface area (Å²) in [5.41, 5.74) is 1.42. The maximum atomic E-state index is 10.9. The van der Waals surface area contributed by atoms with Gasteiger partial charge in [0, 0.05) is 12.1 Å². The quantitative estimate of drug-likeness (QED) is 0.613. The van der Waals surface area contributed by atoms with Gasteiger partial charge in [-0.3, -0.25) is 4.79 Å². The first-order chi connectivity index (χ1) is 6.70. The molecule has 1 aliphatic heterocycles. The maximum absolute atomic E-state index is 10.9. The number of aromatic hydroxyl groups is 1. The molecular weight excluding hydrogens is 182 g/mol. The zero-order chi connectivity index (χ0) is 10.1. The Bertz CT molecular complexity index is 376. The second-order valence-electron chi connectivity index (χ2n) is 3.32. The van der Waals surface area contributed by atoms with Crippen LogP contribution in [0, 0.1) is 0 Å². The van der Waals surface area contributed by atoms with Crippen LogP contribution in [0.25, 0.3) is 0 Å². The van der Waals surface area contributed by atoms with Crippen molar-refractivity contribution >= 4 is 5.97 Å². The van der Waals surface area contributed by atoms with E-state index in [4.69, 9.17) is 5.11 Å². The van der Waals surface area contributed by atoms with E-state index in [1.54, 1.807) is 18.2 Å². The second-order valence-corrected chi connectivity index (χ2v) is 3.32. The predicted octanol–water partition coefficient (Wildman–Crippen LogP) is 0.664. The molecular formula is C10H11NO3. The molecule has 0 bridgehead atoms. The van der Waals surface area contributed by atoms with Gasteiger partial charge in [-0.2, -0.15) is 0 Å². The lowest BCUT2D eigenvalue weighted by atomic mass is 9.94. The molecule has 0 aromatic heterocycles. The van der Waals surface area contributed by atoms with Gasteiger partial charge in [0.1, 0.15) is 11.8 Å². The number of fused-ring (bicyclic) bond motifs is 1. The minimum Gasteiger partial charge on any atom is -0.508 e. The van der Waals surface area contributed by atoms with Crippen LogP contribution in [0.3, 0.4) is 0 Å². The third-order valence-electron chi connectivity index (χ3n) is 2.47. The largest absolute Gasteiger partial charge is 0.508 e. The van der Waals surface area contributed by atoms with Crippen LogP contribution in [0.4, 0.5) is 0 Å². The summed E-state index contributed by atoms with van der Waals surface area (Å²) in [4.78, 5) is 10.9. The van der Waals surface area contributed by atoms with Crippen LogP contribution < -0.4 is 5.32 Å². The molecule has 0 aliphatic carbocycles. The lowest BCUT2D eigenvalue weighted by molar-refractivity contribution is -0.139. The van der Waals surface area contributed by atoms with Crippen molar-refractivity contribution in [1.82, 2.24) is 5.32 Å². The average Bonchev–Trinajstić information content (AvgIpc) is 2.17. The van der Waals surface area contributed by atoms with E-state index < -0.39 is 12.0 Å². The molecule has 1 heterocycles. The summed E-state index contributed by atoms with van der Waals surface area (Å²) in [5.74, 6) is -0.716. The first-order valence-corrected chi connectivity index (χ1v) is 4.47. The normalized spacial score (nSPS) is 20.1. The van der Waals surface area contributed by atoms with Crippen molar-refractivity contribution in [3.05, 3.63) is 29.3 Å². The summed E-state index contributed by atoms with van der Waals surface area (Å²) >= 11 is 0. The minimum atomic E-state index is -0.906. The van der Waals surface area contributed by atoms with E-state index in [2.05, 4.69) is 5.32 Å². The monoisotopic (exact) mass is 193 g/mol. The Labute approximate surface area is 81.2 Å². The summed E-state index contributed by atoms with van der Waals surface area (Å²) in [6.07, 6.45) is 0.672. The van der Waals surface area contributed by atoms with Crippen LogP contribution in [-0.4, -0.2) is 22.7 Å². The Balaban J connectivity index is 2.49. The van der Waals surface area contributed by atoms with Crippen molar-refractivity contribution in [2.75, 3.05) is 6.54 Å². The first-order valence-electron chi connectivity index (χ1n) is 4.47. The Morgan fingerprint density at radius 1 is 1.50 bits per heavy atom. The summed E-state index contributed by atoms with van der Waals surface area (Å²) in [6.45, 7) is 0.585. The average molecular weight is 193 g/mol. The number of hydrogen-bond donors (Lipinski definition) is 3. The highest BCUT2D eigenvalue weighted by atomic mass is 16.4. The second kappa shape index (κ2) is 3.31. The SMILES string of the molecule is O=C(O)[C@@H]1NCCc2c(O)cccc21. The first kappa shape index (κ1) is 9.02. The van der Waals surface area contributed by atoms with Crippen molar-refractivity contribution in [2.45, 2.75) is 12.5 Å². The van der Waals surface area contributed by atoms with Crippen LogP contribution in [0.15, 0.2) is 18.2 Å². The van der Waals surface area contributed by atoms with Gasteiger partial charge >= 0.3 is 5.97 Å². The predicted molar refractivity (Wildman–Crippen MR) is 50.2 cm³/mol. The molecule has 1 aliphatic rings. The number of carboxylic acids is 1. The number of carbonyl (C=O) groups is 1. The van der Waals surface area contributed by atoms with Gasteiger partial charge in [0.2, 0.25) is 0 Å². The topological polar surface area (TPSA) is 69.6 Å². The molecule has 0 unspecified atom stereocenters. The van der Waals surface area contributed by atoms with Crippen LogP contribution in [0.5, 0.6) is 5.75 Å². The van der Waals surface area contributed by atoms with Crippen molar-refractivity contribution in [3.8, 4) is 5.75 Å². The van der Waals surface area contributed by atoms with E-state index in [0.717, 1.165) is 5.56 Å². The lowest BCUT2D eigenvalue weighted by Gasteiger charge is -2.24. The van der Waals surface area contributed by atoms with Crippen LogP contribution >= 0.6 is 0 Å². The smallest absolute Gasteiger partial charge is 0.325 e. The molecule has 0 radical (unpaired) electrons. The molecule has 1 atom stereocenters. The molecule has 14 heavy (non-hydrogen) atoms. The number of phenols is 1. The number of rotatable bonds is 1. The number of nitrogens with one attached hydrogen (secondary N) is 1. The van der Waals surface area contributed by atoms with Crippen molar-refractivity contribution < 1.29 is 15.0 Å². The van der Waals surface area contributed by atoms with Gasteiger partial charge in [-0.15, -0.1) is 0 Å². The molecule has 4 nitrogen and oxygen atoms in total. The van der Waals surface area contributed by atoms with E-state index in [1.807, 2.05) is 0 Å². The molecule has 0 saturated carbocycles. The van der Waals surface area contributed by atoms with Crippen molar-refractivity contribution in [3.63, 3.8) is 0 Å². The number of phenolic OH excluding ortho intramolecular Hbond substituents is 1. The fourth-order valence-corrected chi connectivity index (χ4v) is 1.81. The Hall–Kier alpha value is -1.55. The Kier molecular flexibility index (Phi) is 2.13. The van der Waals surface area contributed by atoms with E-state index in [0.29, 0.717) is 18.5 Å². The van der Waals surface area contributed by atoms with Gasteiger partial charge in [0.15, 0.2) is 0 Å². The summed E-state index contributed by atoms with van der Waals surface area (Å²) < 4.78 is 0. The van der Waals surface area contributed by atoms with Crippen LogP contribution in [-0.2, 0) is 11.2 Å². The molecule has 3 N–H and O–H groups in total. The number of hydrogen-bond acceptors (Lipinski definition) is 3. The highest BCUT2D eigenvalue weighted by molar-refractivity contribution is 5.77. The standard InChI is InChI=1S/C10H11NO3/c12-8-3-1-2-7-6(8)4-5-11-9(7)10(13)14/h1-3,9,11-12H,4-5H2,(H,13,14)/t9-/m1/s1. The molecule has 74 valence electrons. The van der Waals surface area contributed by atoms with E-state index in [-0.39, 0.29) is 5.75 Å². The van der Waals surface area contributed by atoms with Crippen LogP contribution in [0.1, 0.15) is 17.2 Å². The third-order valence-corrected chi connectivity index (χ3v) is 2.47. The van der Waals surface area contributed by atoms with Gasteiger partial charge in [-0.05, 0) is 18.1 Å². The highest BCUT2D eigenvalue weighted by Gasteiger charge is 2.26. The van der Waals surface area contributed by atoms with Gasteiger partial charge in [-0.25, -0.2) is 0 Å². The van der Waals surface area contributed by atoms with Gasteiger partial charge in [0.25, 0.3) is 0 Å². The molecule has 4 heteroatoms. The zero-order valence-electron chi connectivity index (χ0n) is 7.53. The molecule has 2 rings (SSSR count). The van der Waals surface area contributed by atoms with Gasteiger partial charge in [-0.1, -0.05) is 12.1 Å². The number of carboxylic acid groups (broad SMARTS) is 1. The highest BCUT2D eigenvalue weighted by Crippen LogP contribution is 2.29. The van der Waals surface area contributed by atoms with Gasteiger partial charge < -0.3 is 15.5 Å².